The van der Waals surface area contributed by atoms with Gasteiger partial charge in [-0.15, -0.1) is 11.3 Å². The van der Waals surface area contributed by atoms with Gasteiger partial charge in [0.05, 0.1) is 11.0 Å². The normalized spacial score (nSPS) is 11.9. The maximum Gasteiger partial charge on any atom is 0.143 e. The molecule has 0 spiro atoms. The smallest absolute Gasteiger partial charge is 0.143 e. The van der Waals surface area contributed by atoms with Gasteiger partial charge in [-0.2, -0.15) is 0 Å². The van der Waals surface area contributed by atoms with Crippen LogP contribution < -0.4 is 4.90 Å². The van der Waals surface area contributed by atoms with E-state index in [9.17, 15) is 0 Å². The van der Waals surface area contributed by atoms with Crippen LogP contribution >= 0.6 is 11.3 Å². The third-order valence-electron chi connectivity index (χ3n) is 14.4. The highest BCUT2D eigenvalue weighted by atomic mass is 32.1. The lowest BCUT2D eigenvalue weighted by Crippen LogP contribution is -2.09. The van der Waals surface area contributed by atoms with E-state index in [0.29, 0.717) is 0 Å². The van der Waals surface area contributed by atoms with Crippen molar-refractivity contribution in [2.24, 2.45) is 0 Å². The van der Waals surface area contributed by atoms with Gasteiger partial charge in [-0.25, -0.2) is 0 Å². The molecule has 0 aliphatic heterocycles. The van der Waals surface area contributed by atoms with Gasteiger partial charge in [0.25, 0.3) is 0 Å². The van der Waals surface area contributed by atoms with Crippen molar-refractivity contribution in [2.45, 2.75) is 0 Å². The topological polar surface area (TPSA) is 34.5 Å². The Morgan fingerprint density at radius 3 is 1.34 bits per heavy atom. The molecule has 4 nitrogen and oxygen atoms in total. The molecule has 0 unspecified atom stereocenters. The highest BCUT2D eigenvalue weighted by Crippen LogP contribution is 2.47. The molecule has 0 atom stereocenters. The van der Waals surface area contributed by atoms with Gasteiger partial charge in [0.15, 0.2) is 0 Å². The van der Waals surface area contributed by atoms with Gasteiger partial charge >= 0.3 is 0 Å². The number of thiophene rings is 1. The number of hydrogen-bond acceptors (Lipinski definition) is 4. The van der Waals surface area contributed by atoms with E-state index in [4.69, 9.17) is 8.83 Å². The van der Waals surface area contributed by atoms with Crippen LogP contribution in [0.2, 0.25) is 0 Å². The van der Waals surface area contributed by atoms with Crippen molar-refractivity contribution in [3.63, 3.8) is 0 Å². The monoisotopic (exact) mass is 924 g/mol. The zero-order valence-corrected chi connectivity index (χ0v) is 39.0. The summed E-state index contributed by atoms with van der Waals surface area (Å²) in [6, 6.07) is 87.2. The summed E-state index contributed by atoms with van der Waals surface area (Å²) in [4.78, 5) is 2.35. The number of anilines is 3. The predicted octanol–water partition coefficient (Wildman–Crippen LogP) is 19.4. The van der Waals surface area contributed by atoms with E-state index < -0.39 is 0 Å². The minimum Gasteiger partial charge on any atom is -0.455 e. The summed E-state index contributed by atoms with van der Waals surface area (Å²) in [7, 11) is 0. The minimum atomic E-state index is 0.897. The zero-order chi connectivity index (χ0) is 46.6. The Morgan fingerprint density at radius 2 is 0.761 bits per heavy atom. The Morgan fingerprint density at radius 1 is 0.310 bits per heavy atom. The highest BCUT2D eigenvalue weighted by molar-refractivity contribution is 7.27. The predicted molar refractivity (Wildman–Crippen MR) is 299 cm³/mol. The molecule has 0 N–H and O–H groups in total. The molecule has 11 aromatic carbocycles. The van der Waals surface area contributed by atoms with Crippen molar-refractivity contribution in [3.05, 3.63) is 243 Å². The zero-order valence-electron chi connectivity index (χ0n) is 38.2. The SMILES string of the molecule is c1ccc(-n2c3ccccc3c3c4sc5c(-c6ccc(N(c7ccc(-c8cccc9c8oc8ccccc89)cc7)c7ccc(-c8cccc9c8oc8ccccc89)cc7)cc6)cccc5c4ccc32)cc1. The Bertz CT molecular complexity index is 4400. The van der Waals surface area contributed by atoms with Crippen LogP contribution in [0.25, 0.3) is 125 Å². The summed E-state index contributed by atoms with van der Waals surface area (Å²) in [6.07, 6.45) is 0. The molecular weight excluding hydrogens is 885 g/mol. The van der Waals surface area contributed by atoms with E-state index in [1.807, 2.05) is 35.6 Å². The van der Waals surface area contributed by atoms with Gasteiger partial charge < -0.3 is 18.3 Å². The number of furan rings is 2. The molecule has 0 radical (unpaired) electrons. The fraction of sp³-hybridized carbons (Fsp3) is 0. The molecule has 0 fully saturated rings. The number of nitrogens with zero attached hydrogens (tertiary/aromatic N) is 2. The Kier molecular flexibility index (Phi) is 8.79. The number of fused-ring (bicyclic) bond motifs is 13. The Labute approximate surface area is 412 Å². The van der Waals surface area contributed by atoms with E-state index in [1.165, 1.54) is 58.8 Å². The summed E-state index contributed by atoms with van der Waals surface area (Å²) in [6.45, 7) is 0. The number of aromatic nitrogens is 1. The number of benzene rings is 11. The van der Waals surface area contributed by atoms with Crippen molar-refractivity contribution in [2.75, 3.05) is 4.90 Å². The van der Waals surface area contributed by atoms with Crippen molar-refractivity contribution < 1.29 is 8.83 Å². The van der Waals surface area contributed by atoms with E-state index in [0.717, 1.165) is 83.2 Å². The van der Waals surface area contributed by atoms with Crippen LogP contribution in [0.1, 0.15) is 0 Å². The van der Waals surface area contributed by atoms with E-state index in [1.54, 1.807) is 0 Å². The largest absolute Gasteiger partial charge is 0.455 e. The van der Waals surface area contributed by atoms with Crippen molar-refractivity contribution in [1.29, 1.82) is 0 Å². The lowest BCUT2D eigenvalue weighted by molar-refractivity contribution is 0.669. The van der Waals surface area contributed by atoms with Crippen LogP contribution in [-0.2, 0) is 0 Å². The maximum atomic E-state index is 6.47. The van der Waals surface area contributed by atoms with Gasteiger partial charge in [-0.1, -0.05) is 170 Å². The number of hydrogen-bond donors (Lipinski definition) is 0. The highest BCUT2D eigenvalue weighted by Gasteiger charge is 2.21. The van der Waals surface area contributed by atoms with Crippen LogP contribution in [-0.4, -0.2) is 4.57 Å². The van der Waals surface area contributed by atoms with Crippen LogP contribution in [0.4, 0.5) is 17.1 Å². The summed E-state index contributed by atoms with van der Waals surface area (Å²) in [5.74, 6) is 0. The molecule has 15 aromatic rings. The second-order valence-corrected chi connectivity index (χ2v) is 19.4. The van der Waals surface area contributed by atoms with Crippen LogP contribution in [0.3, 0.4) is 0 Å². The third kappa shape index (κ3) is 6.17. The molecule has 5 heteroatoms. The number of para-hydroxylation sites is 6. The second-order valence-electron chi connectivity index (χ2n) is 18.3. The summed E-state index contributed by atoms with van der Waals surface area (Å²) in [5.41, 5.74) is 17.1. The first kappa shape index (κ1) is 39.8. The van der Waals surface area contributed by atoms with Crippen molar-refractivity contribution >= 4 is 114 Å². The Hall–Kier alpha value is -9.16. The molecule has 71 heavy (non-hydrogen) atoms. The molecule has 4 aromatic heterocycles. The molecule has 0 amide bonds. The standard InChI is InChI=1S/C66H40N2O2S/c1-2-13-44(14-3-1)68-58-24-7-4-17-57(58)62-59(68)40-39-56-55-23-12-20-50(65(55)71-66(56)62)43-31-37-47(38-32-43)67(45-33-27-41(28-34-45)48-18-10-21-53-51-15-5-8-25-60(51)69-63(48)53)46-35-29-42(30-36-46)49-19-11-22-54-52-16-6-9-26-61(52)70-64(49)54/h1-40H. The molecular formula is C66H40N2O2S. The van der Waals surface area contributed by atoms with Gasteiger partial charge in [0.2, 0.25) is 0 Å². The molecule has 0 aliphatic carbocycles. The van der Waals surface area contributed by atoms with Gasteiger partial charge in [0.1, 0.15) is 22.3 Å². The number of rotatable bonds is 7. The molecule has 0 saturated carbocycles. The lowest BCUT2D eigenvalue weighted by atomic mass is 10.00. The first-order chi connectivity index (χ1) is 35.2. The molecule has 4 heterocycles. The lowest BCUT2D eigenvalue weighted by Gasteiger charge is -2.26. The molecule has 0 aliphatic rings. The van der Waals surface area contributed by atoms with E-state index in [-0.39, 0.29) is 0 Å². The summed E-state index contributed by atoms with van der Waals surface area (Å²) in [5, 5.41) is 9.65. The molecule has 332 valence electrons. The average molecular weight is 925 g/mol. The molecule has 15 rings (SSSR count). The second kappa shape index (κ2) is 15.7. The first-order valence-electron chi connectivity index (χ1n) is 24.1. The molecule has 0 bridgehead atoms. The summed E-state index contributed by atoms with van der Waals surface area (Å²) >= 11 is 1.91. The quantitative estimate of drug-likeness (QED) is 0.160. The Balaban J connectivity index is 0.844. The fourth-order valence-electron chi connectivity index (χ4n) is 11.2. The van der Waals surface area contributed by atoms with Gasteiger partial charge in [-0.05, 0) is 95.1 Å². The fourth-order valence-corrected chi connectivity index (χ4v) is 12.5. The third-order valence-corrected chi connectivity index (χ3v) is 15.7. The maximum absolute atomic E-state index is 6.47. The molecule has 0 saturated heterocycles. The van der Waals surface area contributed by atoms with Crippen molar-refractivity contribution in [3.8, 4) is 39.1 Å². The van der Waals surface area contributed by atoms with E-state index in [2.05, 4.69) is 228 Å². The summed E-state index contributed by atoms with van der Waals surface area (Å²) < 4.78 is 18.0. The van der Waals surface area contributed by atoms with Crippen molar-refractivity contribution in [1.82, 2.24) is 4.57 Å². The first-order valence-corrected chi connectivity index (χ1v) is 24.9. The average Bonchev–Trinajstić information content (AvgIpc) is 4.21. The van der Waals surface area contributed by atoms with Crippen LogP contribution in [0.5, 0.6) is 0 Å². The minimum absolute atomic E-state index is 0.897. The van der Waals surface area contributed by atoms with Crippen LogP contribution in [0, 0.1) is 0 Å². The van der Waals surface area contributed by atoms with E-state index >= 15 is 0 Å². The van der Waals surface area contributed by atoms with Gasteiger partial charge in [-0.3, -0.25) is 0 Å². The van der Waals surface area contributed by atoms with Crippen LogP contribution in [0.15, 0.2) is 251 Å². The van der Waals surface area contributed by atoms with Gasteiger partial charge in [0, 0.05) is 86.4 Å².